The third-order valence-corrected chi connectivity index (χ3v) is 3.87. The average Bonchev–Trinajstić information content (AvgIpc) is 2.32. The van der Waals surface area contributed by atoms with E-state index in [9.17, 15) is 0 Å². The Morgan fingerprint density at radius 1 is 1.41 bits per heavy atom. The fraction of sp³-hybridized carbons (Fsp3) is 0.571. The molecule has 0 aromatic heterocycles. The predicted octanol–water partition coefficient (Wildman–Crippen LogP) is 3.69. The molecule has 0 bridgehead atoms. The highest BCUT2D eigenvalue weighted by molar-refractivity contribution is 9.10. The lowest BCUT2D eigenvalue weighted by molar-refractivity contribution is 0.171. The second-order valence-corrected chi connectivity index (χ2v) is 5.40. The Kier molecular flexibility index (Phi) is 6.17. The molecule has 0 spiro atoms. The van der Waals surface area contributed by atoms with E-state index in [1.807, 2.05) is 7.05 Å². The van der Waals surface area contributed by atoms with E-state index in [-0.39, 0.29) is 0 Å². The fourth-order valence-corrected chi connectivity index (χ4v) is 2.61. The Morgan fingerprint density at radius 3 is 2.71 bits per heavy atom. The van der Waals surface area contributed by atoms with Crippen LogP contribution >= 0.6 is 15.9 Å². The molecule has 0 saturated heterocycles. The van der Waals surface area contributed by atoms with Crippen molar-refractivity contribution in [2.45, 2.75) is 26.3 Å². The molecule has 1 aromatic rings. The minimum atomic E-state index is 0.361. The van der Waals surface area contributed by atoms with Crippen LogP contribution in [0.5, 0.6) is 0 Å². The Morgan fingerprint density at radius 2 is 2.12 bits per heavy atom. The smallest absolute Gasteiger partial charge is 0.0465 e. The summed E-state index contributed by atoms with van der Waals surface area (Å²) >= 11 is 3.64. The number of halogens is 1. The fourth-order valence-electron chi connectivity index (χ4n) is 2.12. The lowest BCUT2D eigenvalue weighted by Crippen LogP contribution is -2.24. The highest BCUT2D eigenvalue weighted by atomic mass is 79.9. The van der Waals surface area contributed by atoms with E-state index in [4.69, 9.17) is 4.74 Å². The first-order valence-corrected chi connectivity index (χ1v) is 6.81. The number of hydrogen-bond acceptors (Lipinski definition) is 2. The molecule has 0 aliphatic carbocycles. The molecule has 0 fully saturated rings. The molecule has 0 saturated carbocycles. The summed E-state index contributed by atoms with van der Waals surface area (Å²) in [4.78, 5) is 0. The maximum absolute atomic E-state index is 5.16. The van der Waals surface area contributed by atoms with Crippen LogP contribution in [0.25, 0.3) is 0 Å². The van der Waals surface area contributed by atoms with Gasteiger partial charge in [-0.25, -0.2) is 0 Å². The SMILES string of the molecule is CNC(c1cc(C)ccc1Br)C(C)CCOC. The van der Waals surface area contributed by atoms with Gasteiger partial charge in [0.2, 0.25) is 0 Å². The number of ether oxygens (including phenoxy) is 1. The molecule has 0 amide bonds. The monoisotopic (exact) mass is 299 g/mol. The zero-order chi connectivity index (χ0) is 12.8. The topological polar surface area (TPSA) is 21.3 Å². The van der Waals surface area contributed by atoms with Gasteiger partial charge in [0.1, 0.15) is 0 Å². The summed E-state index contributed by atoms with van der Waals surface area (Å²) in [5, 5.41) is 3.41. The normalized spacial score (nSPS) is 14.6. The summed E-state index contributed by atoms with van der Waals surface area (Å²) in [6.07, 6.45) is 1.06. The summed E-state index contributed by atoms with van der Waals surface area (Å²) in [5.74, 6) is 0.540. The Balaban J connectivity index is 2.88. The van der Waals surface area contributed by atoms with Crippen molar-refractivity contribution in [1.82, 2.24) is 5.32 Å². The van der Waals surface area contributed by atoms with Gasteiger partial charge >= 0.3 is 0 Å². The van der Waals surface area contributed by atoms with Gasteiger partial charge < -0.3 is 10.1 Å². The molecule has 0 aliphatic heterocycles. The number of hydrogen-bond donors (Lipinski definition) is 1. The molecule has 1 aromatic carbocycles. The maximum atomic E-state index is 5.16. The standard InChI is InChI=1S/C14H22BrNO/c1-10-5-6-13(15)12(9-10)14(16-3)11(2)7-8-17-4/h5-6,9,11,14,16H,7-8H2,1-4H3. The van der Waals surface area contributed by atoms with Gasteiger partial charge in [0.05, 0.1) is 0 Å². The molecular formula is C14H22BrNO. The first-order chi connectivity index (χ1) is 8.10. The van der Waals surface area contributed by atoms with Crippen LogP contribution in [0, 0.1) is 12.8 Å². The largest absolute Gasteiger partial charge is 0.385 e. The Labute approximate surface area is 113 Å². The molecular weight excluding hydrogens is 278 g/mol. The summed E-state index contributed by atoms with van der Waals surface area (Å²) in [7, 11) is 3.77. The molecule has 1 rings (SSSR count). The van der Waals surface area contributed by atoms with Gasteiger partial charge in [-0.05, 0) is 37.9 Å². The van der Waals surface area contributed by atoms with Crippen molar-refractivity contribution in [3.63, 3.8) is 0 Å². The van der Waals surface area contributed by atoms with Gasteiger partial charge in [-0.15, -0.1) is 0 Å². The third-order valence-electron chi connectivity index (χ3n) is 3.14. The van der Waals surface area contributed by atoms with Crippen molar-refractivity contribution in [2.75, 3.05) is 20.8 Å². The minimum Gasteiger partial charge on any atom is -0.385 e. The van der Waals surface area contributed by atoms with E-state index in [1.54, 1.807) is 7.11 Å². The van der Waals surface area contributed by atoms with Crippen LogP contribution in [0.4, 0.5) is 0 Å². The van der Waals surface area contributed by atoms with Crippen LogP contribution in [0.15, 0.2) is 22.7 Å². The number of aryl methyl sites for hydroxylation is 1. The van der Waals surface area contributed by atoms with E-state index < -0.39 is 0 Å². The van der Waals surface area contributed by atoms with E-state index in [0.29, 0.717) is 12.0 Å². The quantitative estimate of drug-likeness (QED) is 0.865. The molecule has 1 N–H and O–H groups in total. The van der Waals surface area contributed by atoms with Crippen LogP contribution in [0.2, 0.25) is 0 Å². The van der Waals surface area contributed by atoms with Crippen LogP contribution in [0.3, 0.4) is 0 Å². The average molecular weight is 300 g/mol. The first kappa shape index (κ1) is 14.7. The number of methoxy groups -OCH3 is 1. The van der Waals surface area contributed by atoms with Crippen molar-refractivity contribution in [3.05, 3.63) is 33.8 Å². The first-order valence-electron chi connectivity index (χ1n) is 6.02. The van der Waals surface area contributed by atoms with Gasteiger partial charge in [-0.1, -0.05) is 40.5 Å². The molecule has 0 aliphatic rings. The van der Waals surface area contributed by atoms with Crippen LogP contribution in [-0.4, -0.2) is 20.8 Å². The van der Waals surface area contributed by atoms with Crippen LogP contribution in [0.1, 0.15) is 30.5 Å². The molecule has 0 radical (unpaired) electrons. The predicted molar refractivity (Wildman–Crippen MR) is 76.3 cm³/mol. The number of rotatable bonds is 6. The zero-order valence-corrected chi connectivity index (χ0v) is 12.7. The van der Waals surface area contributed by atoms with Crippen molar-refractivity contribution in [2.24, 2.45) is 5.92 Å². The van der Waals surface area contributed by atoms with Gasteiger partial charge in [-0.2, -0.15) is 0 Å². The molecule has 3 heteroatoms. The lowest BCUT2D eigenvalue weighted by atomic mass is 9.91. The molecule has 2 nitrogen and oxygen atoms in total. The second-order valence-electron chi connectivity index (χ2n) is 4.55. The van der Waals surface area contributed by atoms with E-state index in [0.717, 1.165) is 13.0 Å². The molecule has 2 unspecified atom stereocenters. The Bertz CT molecular complexity index is 354. The van der Waals surface area contributed by atoms with Crippen LogP contribution in [-0.2, 0) is 4.74 Å². The molecule has 2 atom stereocenters. The maximum Gasteiger partial charge on any atom is 0.0465 e. The van der Waals surface area contributed by atoms with Gasteiger partial charge in [0.15, 0.2) is 0 Å². The number of nitrogens with one attached hydrogen (secondary N) is 1. The Hall–Kier alpha value is -0.380. The third kappa shape index (κ3) is 4.09. The van der Waals surface area contributed by atoms with Crippen LogP contribution < -0.4 is 5.32 Å². The van der Waals surface area contributed by atoms with E-state index in [2.05, 4.69) is 53.3 Å². The highest BCUT2D eigenvalue weighted by Gasteiger charge is 2.19. The summed E-state index contributed by atoms with van der Waals surface area (Å²) in [6, 6.07) is 6.85. The molecule has 96 valence electrons. The highest BCUT2D eigenvalue weighted by Crippen LogP contribution is 2.30. The van der Waals surface area contributed by atoms with E-state index in [1.165, 1.54) is 15.6 Å². The van der Waals surface area contributed by atoms with Crippen molar-refractivity contribution >= 4 is 15.9 Å². The number of benzene rings is 1. The van der Waals surface area contributed by atoms with Gasteiger partial charge in [0, 0.05) is 24.2 Å². The van der Waals surface area contributed by atoms with Crippen molar-refractivity contribution in [3.8, 4) is 0 Å². The van der Waals surface area contributed by atoms with Crippen molar-refractivity contribution < 1.29 is 4.74 Å². The van der Waals surface area contributed by atoms with Gasteiger partial charge in [0.25, 0.3) is 0 Å². The van der Waals surface area contributed by atoms with Gasteiger partial charge in [-0.3, -0.25) is 0 Å². The summed E-state index contributed by atoms with van der Waals surface area (Å²) < 4.78 is 6.33. The molecule has 17 heavy (non-hydrogen) atoms. The lowest BCUT2D eigenvalue weighted by Gasteiger charge is -2.25. The van der Waals surface area contributed by atoms with E-state index >= 15 is 0 Å². The van der Waals surface area contributed by atoms with Crippen molar-refractivity contribution in [1.29, 1.82) is 0 Å². The zero-order valence-electron chi connectivity index (χ0n) is 11.1. The second kappa shape index (κ2) is 7.14. The minimum absolute atomic E-state index is 0.361. The summed E-state index contributed by atoms with van der Waals surface area (Å²) in [6.45, 7) is 5.19. The summed E-state index contributed by atoms with van der Waals surface area (Å²) in [5.41, 5.74) is 2.62. The molecule has 0 heterocycles.